The molecule has 4 nitrogen and oxygen atoms in total. The van der Waals surface area contributed by atoms with Crippen LogP contribution >= 0.6 is 0 Å². The van der Waals surface area contributed by atoms with E-state index < -0.39 is 17.7 Å². The van der Waals surface area contributed by atoms with Gasteiger partial charge in [0.25, 0.3) is 0 Å². The van der Waals surface area contributed by atoms with Gasteiger partial charge in [-0.1, -0.05) is 12.2 Å². The lowest BCUT2D eigenvalue weighted by Gasteiger charge is -2.01. The van der Waals surface area contributed by atoms with E-state index in [0.29, 0.717) is 0 Å². The summed E-state index contributed by atoms with van der Waals surface area (Å²) < 4.78 is 17.9. The van der Waals surface area contributed by atoms with Crippen molar-refractivity contribution in [3.05, 3.63) is 41.2 Å². The Morgan fingerprint density at radius 3 is 2.76 bits per heavy atom. The molecule has 0 bridgehead atoms. The van der Waals surface area contributed by atoms with Crippen molar-refractivity contribution in [3.8, 4) is 0 Å². The van der Waals surface area contributed by atoms with E-state index in [0.717, 1.165) is 6.07 Å². The first-order valence-corrected chi connectivity index (χ1v) is 4.87. The fourth-order valence-electron chi connectivity index (χ4n) is 1.22. The molecular weight excluding hydrogens is 225 g/mol. The van der Waals surface area contributed by atoms with Gasteiger partial charge in [0.2, 0.25) is 5.91 Å². The molecule has 0 unspecified atom stereocenters. The molecule has 0 saturated heterocycles. The fraction of sp³-hybridized carbons (Fsp3) is 0.167. The van der Waals surface area contributed by atoms with Gasteiger partial charge < -0.3 is 10.5 Å². The molecule has 1 aromatic carbocycles. The van der Waals surface area contributed by atoms with Gasteiger partial charge in [-0.3, -0.25) is 4.79 Å². The normalized spacial score (nSPS) is 10.5. The first kappa shape index (κ1) is 12.9. The number of hydrogen-bond donors (Lipinski definition) is 1. The second-order valence-electron chi connectivity index (χ2n) is 3.30. The molecule has 1 aromatic rings. The van der Waals surface area contributed by atoms with E-state index in [1.165, 1.54) is 31.4 Å². The summed E-state index contributed by atoms with van der Waals surface area (Å²) in [6.45, 7) is 0. The smallest absolute Gasteiger partial charge is 0.337 e. The third-order valence-corrected chi connectivity index (χ3v) is 2.03. The van der Waals surface area contributed by atoms with Crippen LogP contribution in [0, 0.1) is 5.82 Å². The van der Waals surface area contributed by atoms with Gasteiger partial charge in [0.05, 0.1) is 12.7 Å². The highest BCUT2D eigenvalue weighted by Gasteiger charge is 2.07. The van der Waals surface area contributed by atoms with Crippen LogP contribution in [-0.2, 0) is 9.53 Å². The van der Waals surface area contributed by atoms with Crippen molar-refractivity contribution in [3.63, 3.8) is 0 Å². The minimum atomic E-state index is -0.547. The molecule has 0 atom stereocenters. The molecule has 0 aliphatic heterocycles. The average Bonchev–Trinajstić information content (AvgIpc) is 2.30. The molecule has 0 heterocycles. The predicted molar refractivity (Wildman–Crippen MR) is 60.6 cm³/mol. The van der Waals surface area contributed by atoms with Gasteiger partial charge in [0.15, 0.2) is 0 Å². The molecule has 0 saturated carbocycles. The van der Waals surface area contributed by atoms with Crippen molar-refractivity contribution in [1.82, 2.24) is 0 Å². The average molecular weight is 237 g/mol. The van der Waals surface area contributed by atoms with Crippen LogP contribution in [-0.4, -0.2) is 19.0 Å². The van der Waals surface area contributed by atoms with Gasteiger partial charge in [0.1, 0.15) is 5.82 Å². The molecule has 0 fully saturated rings. The Morgan fingerprint density at radius 1 is 1.47 bits per heavy atom. The quantitative estimate of drug-likeness (QED) is 0.807. The number of ether oxygens (including phenoxy) is 1. The second-order valence-corrected chi connectivity index (χ2v) is 3.30. The van der Waals surface area contributed by atoms with Crippen LogP contribution < -0.4 is 5.73 Å². The number of primary amides is 1. The number of hydrogen-bond acceptors (Lipinski definition) is 3. The fourth-order valence-corrected chi connectivity index (χ4v) is 1.22. The van der Waals surface area contributed by atoms with Crippen molar-refractivity contribution in [1.29, 1.82) is 0 Å². The molecule has 17 heavy (non-hydrogen) atoms. The van der Waals surface area contributed by atoms with Crippen molar-refractivity contribution < 1.29 is 18.7 Å². The Hall–Kier alpha value is -2.17. The Kier molecular flexibility index (Phi) is 4.39. The summed E-state index contributed by atoms with van der Waals surface area (Å²) in [5.41, 5.74) is 5.38. The van der Waals surface area contributed by atoms with Crippen LogP contribution in [0.2, 0.25) is 0 Å². The van der Waals surface area contributed by atoms with E-state index in [-0.39, 0.29) is 17.5 Å². The highest BCUT2D eigenvalue weighted by molar-refractivity contribution is 5.90. The van der Waals surface area contributed by atoms with Crippen LogP contribution in [0.25, 0.3) is 6.08 Å². The zero-order chi connectivity index (χ0) is 12.8. The molecule has 0 aromatic heterocycles. The molecule has 2 N–H and O–H groups in total. The lowest BCUT2D eigenvalue weighted by Crippen LogP contribution is -2.08. The number of benzene rings is 1. The van der Waals surface area contributed by atoms with E-state index in [1.54, 1.807) is 0 Å². The zero-order valence-corrected chi connectivity index (χ0v) is 9.27. The molecule has 1 amide bonds. The number of rotatable bonds is 4. The SMILES string of the molecule is COC(=O)c1ccc(F)c(C=CCC(N)=O)c1. The van der Waals surface area contributed by atoms with Gasteiger partial charge in [0, 0.05) is 12.0 Å². The summed E-state index contributed by atoms with van der Waals surface area (Å²) in [5.74, 6) is -1.54. The van der Waals surface area contributed by atoms with E-state index in [4.69, 9.17) is 5.73 Å². The van der Waals surface area contributed by atoms with Crippen molar-refractivity contribution >= 4 is 18.0 Å². The number of carbonyl (C=O) groups is 2. The number of amides is 1. The van der Waals surface area contributed by atoms with Gasteiger partial charge in [-0.15, -0.1) is 0 Å². The monoisotopic (exact) mass is 237 g/mol. The van der Waals surface area contributed by atoms with Crippen LogP contribution in [0.3, 0.4) is 0 Å². The third kappa shape index (κ3) is 3.71. The topological polar surface area (TPSA) is 69.4 Å². The van der Waals surface area contributed by atoms with Gasteiger partial charge in [-0.2, -0.15) is 0 Å². The Bertz CT molecular complexity index is 469. The van der Waals surface area contributed by atoms with Gasteiger partial charge in [-0.25, -0.2) is 9.18 Å². The first-order valence-electron chi connectivity index (χ1n) is 4.87. The second kappa shape index (κ2) is 5.79. The number of esters is 1. The van der Waals surface area contributed by atoms with E-state index in [1.807, 2.05) is 0 Å². The number of halogens is 1. The summed E-state index contributed by atoms with van der Waals surface area (Å²) in [6, 6.07) is 3.83. The zero-order valence-electron chi connectivity index (χ0n) is 9.27. The lowest BCUT2D eigenvalue weighted by atomic mass is 10.1. The highest BCUT2D eigenvalue weighted by Crippen LogP contribution is 2.13. The van der Waals surface area contributed by atoms with Crippen LogP contribution in [0.1, 0.15) is 22.3 Å². The maximum Gasteiger partial charge on any atom is 0.337 e. The van der Waals surface area contributed by atoms with E-state index >= 15 is 0 Å². The summed E-state index contributed by atoms with van der Waals surface area (Å²) in [5, 5.41) is 0. The largest absolute Gasteiger partial charge is 0.465 e. The van der Waals surface area contributed by atoms with Gasteiger partial charge >= 0.3 is 5.97 Å². The van der Waals surface area contributed by atoms with E-state index in [9.17, 15) is 14.0 Å². The number of carbonyl (C=O) groups excluding carboxylic acids is 2. The lowest BCUT2D eigenvalue weighted by molar-refractivity contribution is -0.117. The maximum absolute atomic E-state index is 13.3. The van der Waals surface area contributed by atoms with Crippen LogP contribution in [0.15, 0.2) is 24.3 Å². The molecule has 0 spiro atoms. The summed E-state index contributed by atoms with van der Waals surface area (Å²) >= 11 is 0. The Labute approximate surface area is 97.9 Å². The molecule has 1 rings (SSSR count). The summed E-state index contributed by atoms with van der Waals surface area (Å²) in [6.07, 6.45) is 2.84. The summed E-state index contributed by atoms with van der Waals surface area (Å²) in [7, 11) is 1.24. The molecule has 90 valence electrons. The minimum absolute atomic E-state index is 0.0158. The van der Waals surface area contributed by atoms with E-state index in [2.05, 4.69) is 4.74 Å². The van der Waals surface area contributed by atoms with Crippen molar-refractivity contribution in [2.45, 2.75) is 6.42 Å². The molecule has 0 aliphatic carbocycles. The number of nitrogens with two attached hydrogens (primary N) is 1. The minimum Gasteiger partial charge on any atom is -0.465 e. The van der Waals surface area contributed by atoms with Gasteiger partial charge in [-0.05, 0) is 18.2 Å². The highest BCUT2D eigenvalue weighted by atomic mass is 19.1. The maximum atomic E-state index is 13.3. The predicted octanol–water partition coefficient (Wildman–Crippen LogP) is 1.50. The summed E-state index contributed by atoms with van der Waals surface area (Å²) in [4.78, 5) is 21.7. The van der Waals surface area contributed by atoms with Crippen LogP contribution in [0.5, 0.6) is 0 Å². The third-order valence-electron chi connectivity index (χ3n) is 2.03. The molecule has 0 aliphatic rings. The Morgan fingerprint density at radius 2 is 2.18 bits per heavy atom. The standard InChI is InChI=1S/C12H12FNO3/c1-17-12(16)9-5-6-10(13)8(7-9)3-2-4-11(14)15/h2-3,5-7H,4H2,1H3,(H2,14,15). The Balaban J connectivity index is 2.94. The molecule has 5 heteroatoms. The molecular formula is C12H12FNO3. The van der Waals surface area contributed by atoms with Crippen molar-refractivity contribution in [2.24, 2.45) is 5.73 Å². The first-order chi connectivity index (χ1) is 8.04. The number of methoxy groups -OCH3 is 1. The van der Waals surface area contributed by atoms with Crippen LogP contribution in [0.4, 0.5) is 4.39 Å². The van der Waals surface area contributed by atoms with Crippen molar-refractivity contribution in [2.75, 3.05) is 7.11 Å². The molecule has 0 radical (unpaired) electrons.